The number of amides is 1. The summed E-state index contributed by atoms with van der Waals surface area (Å²) in [5.41, 5.74) is 3.93. The Bertz CT molecular complexity index is 1850. The molecule has 0 bridgehead atoms. The highest BCUT2D eigenvalue weighted by Crippen LogP contribution is 2.33. The highest BCUT2D eigenvalue weighted by Gasteiger charge is 2.14. The third kappa shape index (κ3) is 8.09. The zero-order valence-electron chi connectivity index (χ0n) is 24.4. The number of benzene rings is 3. The van der Waals surface area contributed by atoms with Crippen LogP contribution in [0.2, 0.25) is 0 Å². The number of hydrogen-bond acceptors (Lipinski definition) is 8. The van der Waals surface area contributed by atoms with Gasteiger partial charge in [0.05, 0.1) is 42.4 Å². The molecule has 12 heteroatoms. The van der Waals surface area contributed by atoms with Gasteiger partial charge in [-0.2, -0.15) is 13.5 Å². The highest BCUT2D eigenvalue weighted by atomic mass is 32.2. The summed E-state index contributed by atoms with van der Waals surface area (Å²) in [4.78, 5) is 16.8. The molecule has 0 aliphatic rings. The topological polar surface area (TPSA) is 142 Å². The summed E-state index contributed by atoms with van der Waals surface area (Å²) < 4.78 is 48.1. The average Bonchev–Trinajstić information content (AvgIpc) is 3.29. The number of carbonyl (C=O) groups excluding carboxylic acids is 1. The summed E-state index contributed by atoms with van der Waals surface area (Å²) >= 11 is 0. The molecule has 0 radical (unpaired) electrons. The lowest BCUT2D eigenvalue weighted by Gasteiger charge is -2.13. The van der Waals surface area contributed by atoms with Crippen molar-refractivity contribution in [2.45, 2.75) is 25.2 Å². The maximum Gasteiger partial charge on any atom is 0.294 e. The van der Waals surface area contributed by atoms with Gasteiger partial charge in [0.15, 0.2) is 0 Å². The van der Waals surface area contributed by atoms with E-state index in [-0.39, 0.29) is 17.2 Å². The molecule has 0 atom stereocenters. The molecule has 0 aliphatic heterocycles. The van der Waals surface area contributed by atoms with Crippen LogP contribution in [-0.2, 0) is 28.4 Å². The van der Waals surface area contributed by atoms with E-state index in [0.717, 1.165) is 33.5 Å². The molecule has 2 N–H and O–H groups in total. The van der Waals surface area contributed by atoms with Crippen molar-refractivity contribution in [1.29, 1.82) is 0 Å². The summed E-state index contributed by atoms with van der Waals surface area (Å²) in [5.74, 6) is 2.41. The van der Waals surface area contributed by atoms with Gasteiger partial charge in [0.2, 0.25) is 5.91 Å². The van der Waals surface area contributed by atoms with Crippen LogP contribution in [0.1, 0.15) is 16.8 Å². The summed E-state index contributed by atoms with van der Waals surface area (Å²) in [6.45, 7) is 3.69. The van der Waals surface area contributed by atoms with E-state index in [2.05, 4.69) is 15.4 Å². The lowest BCUT2D eigenvalue weighted by molar-refractivity contribution is -0.115. The molecule has 0 fully saturated rings. The van der Waals surface area contributed by atoms with E-state index in [1.54, 1.807) is 55.6 Å². The van der Waals surface area contributed by atoms with Crippen LogP contribution >= 0.6 is 0 Å². The van der Waals surface area contributed by atoms with Crippen LogP contribution < -0.4 is 19.5 Å². The minimum Gasteiger partial charge on any atom is -0.497 e. The first-order chi connectivity index (χ1) is 20.5. The van der Waals surface area contributed by atoms with E-state index >= 15 is 0 Å². The molecule has 3 aromatic carbocycles. The molecular formula is C31H32N4O7S. The molecule has 0 aliphatic carbocycles. The summed E-state index contributed by atoms with van der Waals surface area (Å²) in [6.07, 6.45) is 3.62. The fourth-order valence-electron chi connectivity index (χ4n) is 4.18. The Morgan fingerprint density at radius 2 is 1.65 bits per heavy atom. The van der Waals surface area contributed by atoms with Crippen LogP contribution in [0.5, 0.6) is 23.0 Å². The summed E-state index contributed by atoms with van der Waals surface area (Å²) in [5, 5.41) is 7.99. The maximum atomic E-state index is 12.5. The Kier molecular flexibility index (Phi) is 9.63. The molecular weight excluding hydrogens is 572 g/mol. The second kappa shape index (κ2) is 13.4. The van der Waals surface area contributed by atoms with Crippen molar-refractivity contribution in [2.24, 2.45) is 7.05 Å². The Hall–Kier alpha value is -4.94. The van der Waals surface area contributed by atoms with Gasteiger partial charge in [0, 0.05) is 42.5 Å². The van der Waals surface area contributed by atoms with E-state index in [9.17, 15) is 13.2 Å². The Morgan fingerprint density at radius 1 is 0.930 bits per heavy atom. The number of anilines is 1. The Balaban J connectivity index is 0.000000324. The van der Waals surface area contributed by atoms with Gasteiger partial charge in [0.25, 0.3) is 10.1 Å². The van der Waals surface area contributed by atoms with Crippen LogP contribution in [0.25, 0.3) is 10.9 Å². The molecule has 43 heavy (non-hydrogen) atoms. The molecule has 0 saturated carbocycles. The first-order valence-electron chi connectivity index (χ1n) is 13.1. The van der Waals surface area contributed by atoms with Gasteiger partial charge < -0.3 is 19.5 Å². The molecule has 5 rings (SSSR count). The molecule has 2 aromatic heterocycles. The fraction of sp³-hybridized carbons (Fsp3) is 0.194. The standard InChI is InChI=1S/C24H24N4O4.C7H8O3S/c1-15-21(14-28(2)27-15)26-24(29)11-16-5-6-18(13-23(16)31-4)32-22-9-10-25-20-12-17(30-3)7-8-19(20)22;1-6-2-4-7(5-3-6)11(8,9)10/h5-10,12-14H,11H2,1-4H3,(H,26,29);2-5H,1H3,(H,8,9,10). The number of rotatable bonds is 8. The molecule has 2 heterocycles. The normalized spacial score (nSPS) is 10.9. The number of hydrogen-bond donors (Lipinski definition) is 2. The van der Waals surface area contributed by atoms with Crippen molar-refractivity contribution < 1.29 is 32.0 Å². The van der Waals surface area contributed by atoms with E-state index in [1.165, 1.54) is 12.1 Å². The van der Waals surface area contributed by atoms with E-state index in [0.29, 0.717) is 22.9 Å². The van der Waals surface area contributed by atoms with Crippen molar-refractivity contribution in [1.82, 2.24) is 14.8 Å². The monoisotopic (exact) mass is 604 g/mol. The largest absolute Gasteiger partial charge is 0.497 e. The lowest BCUT2D eigenvalue weighted by Crippen LogP contribution is -2.15. The lowest BCUT2D eigenvalue weighted by atomic mass is 10.1. The van der Waals surface area contributed by atoms with Crippen molar-refractivity contribution in [2.75, 3.05) is 19.5 Å². The zero-order valence-corrected chi connectivity index (χ0v) is 25.2. The van der Waals surface area contributed by atoms with Gasteiger partial charge in [-0.05, 0) is 50.2 Å². The number of aryl methyl sites for hydroxylation is 3. The number of nitrogens with zero attached hydrogens (tertiary/aromatic N) is 3. The quantitative estimate of drug-likeness (QED) is 0.219. The first kappa shape index (κ1) is 31.0. The third-order valence-electron chi connectivity index (χ3n) is 6.35. The zero-order chi connectivity index (χ0) is 31.1. The second-order valence-corrected chi connectivity index (χ2v) is 11.0. The van der Waals surface area contributed by atoms with Crippen LogP contribution in [0, 0.1) is 13.8 Å². The number of fused-ring (bicyclic) bond motifs is 1. The molecule has 0 unspecified atom stereocenters. The number of carbonyl (C=O) groups is 1. The van der Waals surface area contributed by atoms with Crippen molar-refractivity contribution in [3.63, 3.8) is 0 Å². The minimum absolute atomic E-state index is 0.0666. The predicted molar refractivity (Wildman–Crippen MR) is 163 cm³/mol. The molecule has 0 saturated heterocycles. The highest BCUT2D eigenvalue weighted by molar-refractivity contribution is 7.85. The van der Waals surface area contributed by atoms with Crippen molar-refractivity contribution >= 4 is 32.6 Å². The number of pyridine rings is 1. The molecule has 11 nitrogen and oxygen atoms in total. The molecule has 224 valence electrons. The predicted octanol–water partition coefficient (Wildman–Crippen LogP) is 5.51. The minimum atomic E-state index is -4.02. The first-order valence-corrected chi connectivity index (χ1v) is 14.5. The van der Waals surface area contributed by atoms with Crippen LogP contribution in [-0.4, -0.2) is 47.9 Å². The number of nitrogens with one attached hydrogen (secondary N) is 1. The molecule has 5 aromatic rings. The molecule has 0 spiro atoms. The van der Waals surface area contributed by atoms with Crippen molar-refractivity contribution in [3.05, 3.63) is 95.9 Å². The summed E-state index contributed by atoms with van der Waals surface area (Å²) in [6, 6.07) is 18.8. The average molecular weight is 605 g/mol. The smallest absolute Gasteiger partial charge is 0.294 e. The van der Waals surface area contributed by atoms with Gasteiger partial charge in [0.1, 0.15) is 23.0 Å². The van der Waals surface area contributed by atoms with Crippen LogP contribution in [0.4, 0.5) is 5.69 Å². The van der Waals surface area contributed by atoms with Gasteiger partial charge in [-0.3, -0.25) is 19.0 Å². The SMILES string of the molecule is COc1ccc2c(Oc3ccc(CC(=O)Nc4cn(C)nc4C)c(OC)c3)ccnc2c1.Cc1ccc(S(=O)(=O)O)cc1. The van der Waals surface area contributed by atoms with Gasteiger partial charge in [-0.1, -0.05) is 23.8 Å². The number of aromatic nitrogens is 3. The number of methoxy groups -OCH3 is 2. The van der Waals surface area contributed by atoms with Gasteiger partial charge >= 0.3 is 0 Å². The number of ether oxygens (including phenoxy) is 3. The van der Waals surface area contributed by atoms with Gasteiger partial charge in [-0.25, -0.2) is 0 Å². The van der Waals surface area contributed by atoms with Crippen LogP contribution in [0.3, 0.4) is 0 Å². The van der Waals surface area contributed by atoms with E-state index < -0.39 is 10.1 Å². The third-order valence-corrected chi connectivity index (χ3v) is 7.22. The summed E-state index contributed by atoms with van der Waals surface area (Å²) in [7, 11) is 0.981. The molecule has 1 amide bonds. The van der Waals surface area contributed by atoms with Gasteiger partial charge in [-0.15, -0.1) is 0 Å². The van der Waals surface area contributed by atoms with E-state index in [4.69, 9.17) is 18.8 Å². The van der Waals surface area contributed by atoms with Crippen LogP contribution in [0.15, 0.2) is 84.0 Å². The fourth-order valence-corrected chi connectivity index (χ4v) is 4.66. The second-order valence-electron chi connectivity index (χ2n) is 9.58. The maximum absolute atomic E-state index is 12.5. The Morgan fingerprint density at radius 3 is 2.28 bits per heavy atom. The van der Waals surface area contributed by atoms with Crippen molar-refractivity contribution in [3.8, 4) is 23.0 Å². The Labute approximate surface area is 249 Å². The van der Waals surface area contributed by atoms with E-state index in [1.807, 2.05) is 51.2 Å².